The molecule has 8 nitrogen and oxygen atoms in total. The average molecular weight is 559 g/mol. The van der Waals surface area contributed by atoms with E-state index in [2.05, 4.69) is 15.0 Å². The minimum atomic E-state index is -4.87. The van der Waals surface area contributed by atoms with Crippen LogP contribution < -0.4 is 14.9 Å². The zero-order chi connectivity index (χ0) is 27.8. The molecule has 0 atom stereocenters. The normalized spacial score (nSPS) is 14.5. The Morgan fingerprint density at radius 3 is 2.13 bits per heavy atom. The van der Waals surface area contributed by atoms with Crippen molar-refractivity contribution in [2.24, 2.45) is 5.14 Å². The second-order valence-electron chi connectivity index (χ2n) is 8.83. The Balaban J connectivity index is 1.69. The summed E-state index contributed by atoms with van der Waals surface area (Å²) in [4.78, 5) is 15.6. The predicted octanol–water partition coefficient (Wildman–Crippen LogP) is 4.34. The lowest BCUT2D eigenvalue weighted by Crippen LogP contribution is -2.47. The molecule has 0 bridgehead atoms. The minimum absolute atomic E-state index is 0.0242. The summed E-state index contributed by atoms with van der Waals surface area (Å²) < 4.78 is 79.9. The summed E-state index contributed by atoms with van der Waals surface area (Å²) in [5.74, 6) is -1.23. The molecule has 0 aliphatic carbocycles. The van der Waals surface area contributed by atoms with Gasteiger partial charge in [-0.2, -0.15) is 13.2 Å². The number of pyridine rings is 1. The quantitative estimate of drug-likeness (QED) is 0.364. The van der Waals surface area contributed by atoms with Gasteiger partial charge in [0.15, 0.2) is 0 Å². The van der Waals surface area contributed by atoms with Gasteiger partial charge in [-0.15, -0.1) is 0 Å². The number of hydrogen-bond acceptors (Lipinski definition) is 7. The average Bonchev–Trinajstić information content (AvgIpc) is 2.92. The van der Waals surface area contributed by atoms with E-state index in [-0.39, 0.29) is 33.1 Å². The number of sulfonamides is 1. The number of nitrogens with two attached hydrogens (primary N) is 1. The van der Waals surface area contributed by atoms with Crippen molar-refractivity contribution in [3.05, 3.63) is 84.6 Å². The molecule has 0 amide bonds. The fourth-order valence-electron chi connectivity index (χ4n) is 4.40. The van der Waals surface area contributed by atoms with Crippen molar-refractivity contribution in [3.63, 3.8) is 0 Å². The van der Waals surface area contributed by atoms with E-state index in [1.54, 1.807) is 23.2 Å². The predicted molar refractivity (Wildman–Crippen MR) is 138 cm³/mol. The molecule has 2 aromatic carbocycles. The van der Waals surface area contributed by atoms with Crippen LogP contribution >= 0.6 is 0 Å². The van der Waals surface area contributed by atoms with Gasteiger partial charge in [0.1, 0.15) is 17.5 Å². The molecule has 13 heteroatoms. The molecular formula is C26H22F4N6O2S. The maximum atomic E-state index is 14.0. The lowest BCUT2D eigenvalue weighted by Gasteiger charge is -2.37. The van der Waals surface area contributed by atoms with E-state index in [1.165, 1.54) is 30.3 Å². The second kappa shape index (κ2) is 10.2. The van der Waals surface area contributed by atoms with Crippen LogP contribution in [0.4, 0.5) is 29.2 Å². The first-order chi connectivity index (χ1) is 18.5. The molecular weight excluding hydrogens is 536 g/mol. The fourth-order valence-corrected chi connectivity index (χ4v) is 4.96. The Labute approximate surface area is 221 Å². The van der Waals surface area contributed by atoms with E-state index in [1.807, 2.05) is 17.0 Å². The van der Waals surface area contributed by atoms with Crippen molar-refractivity contribution in [1.29, 1.82) is 0 Å². The molecule has 1 aliphatic rings. The van der Waals surface area contributed by atoms with Crippen LogP contribution in [0.3, 0.4) is 0 Å². The largest absolute Gasteiger partial charge is 0.451 e. The van der Waals surface area contributed by atoms with E-state index < -0.39 is 27.8 Å². The monoisotopic (exact) mass is 558 g/mol. The Kier molecular flexibility index (Phi) is 6.95. The van der Waals surface area contributed by atoms with Gasteiger partial charge < -0.3 is 9.80 Å². The van der Waals surface area contributed by atoms with Crippen molar-refractivity contribution < 1.29 is 26.0 Å². The van der Waals surface area contributed by atoms with E-state index in [0.717, 1.165) is 18.0 Å². The smallest absolute Gasteiger partial charge is 0.353 e. The molecule has 0 unspecified atom stereocenters. The third-order valence-corrected chi connectivity index (χ3v) is 7.18. The van der Waals surface area contributed by atoms with Crippen molar-refractivity contribution in [2.45, 2.75) is 11.1 Å². The van der Waals surface area contributed by atoms with E-state index in [0.29, 0.717) is 26.2 Å². The van der Waals surface area contributed by atoms with Gasteiger partial charge in [-0.25, -0.2) is 32.9 Å². The third kappa shape index (κ3) is 5.68. The molecule has 2 aromatic heterocycles. The molecule has 1 fully saturated rings. The van der Waals surface area contributed by atoms with Crippen LogP contribution in [-0.2, 0) is 16.2 Å². The van der Waals surface area contributed by atoms with Gasteiger partial charge in [0.2, 0.25) is 15.8 Å². The van der Waals surface area contributed by atoms with Gasteiger partial charge >= 0.3 is 6.18 Å². The Morgan fingerprint density at radius 2 is 1.51 bits per heavy atom. The number of anilines is 2. The molecule has 3 heterocycles. The Bertz CT molecular complexity index is 1590. The molecule has 4 aromatic rings. The number of alkyl halides is 3. The first kappa shape index (κ1) is 26.5. The number of aromatic nitrogens is 3. The van der Waals surface area contributed by atoms with Crippen molar-refractivity contribution in [3.8, 4) is 22.4 Å². The van der Waals surface area contributed by atoms with Gasteiger partial charge in [-0.1, -0.05) is 18.2 Å². The van der Waals surface area contributed by atoms with Crippen LogP contribution in [0, 0.1) is 5.82 Å². The first-order valence-corrected chi connectivity index (χ1v) is 13.3. The number of piperazine rings is 1. The minimum Gasteiger partial charge on any atom is -0.353 e. The maximum absolute atomic E-state index is 14.0. The zero-order valence-electron chi connectivity index (χ0n) is 20.3. The fraction of sp³-hybridized carbons (Fsp3) is 0.192. The lowest BCUT2D eigenvalue weighted by atomic mass is 9.98. The van der Waals surface area contributed by atoms with E-state index in [4.69, 9.17) is 5.14 Å². The van der Waals surface area contributed by atoms with Crippen LogP contribution in [0.15, 0.2) is 77.8 Å². The molecule has 1 saturated heterocycles. The summed E-state index contributed by atoms with van der Waals surface area (Å²) in [6.07, 6.45) is -3.21. The van der Waals surface area contributed by atoms with Crippen molar-refractivity contribution in [1.82, 2.24) is 15.0 Å². The van der Waals surface area contributed by atoms with Gasteiger partial charge in [0.25, 0.3) is 0 Å². The number of benzene rings is 2. The highest BCUT2D eigenvalue weighted by molar-refractivity contribution is 7.89. The van der Waals surface area contributed by atoms with Crippen LogP contribution in [0.25, 0.3) is 22.4 Å². The summed E-state index contributed by atoms with van der Waals surface area (Å²) in [6, 6.07) is 15.9. The van der Waals surface area contributed by atoms with Crippen molar-refractivity contribution >= 4 is 21.7 Å². The number of primary sulfonamides is 1. The highest BCUT2D eigenvalue weighted by atomic mass is 32.2. The summed E-state index contributed by atoms with van der Waals surface area (Å²) >= 11 is 0. The van der Waals surface area contributed by atoms with E-state index in [9.17, 15) is 26.0 Å². The molecule has 0 radical (unpaired) electrons. The van der Waals surface area contributed by atoms with Crippen LogP contribution in [0.2, 0.25) is 0 Å². The highest BCUT2D eigenvalue weighted by Crippen LogP contribution is 2.41. The Hall–Kier alpha value is -4.10. The molecule has 0 saturated carbocycles. The SMILES string of the molecule is NS(=O)(=O)c1cccc(-c2c(-c3ccc(F)cc3)nc(C(F)(F)F)nc2N2CCN(c3ccccn3)CC2)c1. The van der Waals surface area contributed by atoms with Crippen LogP contribution in [0.5, 0.6) is 0 Å². The third-order valence-electron chi connectivity index (χ3n) is 6.26. The summed E-state index contributed by atoms with van der Waals surface area (Å²) in [6.45, 7) is 1.50. The highest BCUT2D eigenvalue weighted by Gasteiger charge is 2.38. The number of hydrogen-bond donors (Lipinski definition) is 1. The standard InChI is InChI=1S/C26H22F4N6O2S/c27-19-9-7-17(8-10-19)23-22(18-4-3-5-20(16-18)39(31,37)38)24(34-25(33-23)26(28,29)30)36-14-12-35(13-15-36)21-6-1-2-11-32-21/h1-11,16H,12-15H2,(H2,31,37,38). The second-order valence-corrected chi connectivity index (χ2v) is 10.4. The number of nitrogens with zero attached hydrogens (tertiary/aromatic N) is 5. The molecule has 2 N–H and O–H groups in total. The van der Waals surface area contributed by atoms with Gasteiger partial charge in [-0.3, -0.25) is 0 Å². The molecule has 1 aliphatic heterocycles. The number of rotatable bonds is 5. The van der Waals surface area contributed by atoms with Gasteiger partial charge in [-0.05, 0) is 54.1 Å². The molecule has 39 heavy (non-hydrogen) atoms. The summed E-state index contributed by atoms with van der Waals surface area (Å²) in [7, 11) is -4.12. The van der Waals surface area contributed by atoms with Crippen molar-refractivity contribution in [2.75, 3.05) is 36.0 Å². The summed E-state index contributed by atoms with van der Waals surface area (Å²) in [5.41, 5.74) is 0.503. The van der Waals surface area contributed by atoms with Crippen LogP contribution in [-0.4, -0.2) is 49.5 Å². The Morgan fingerprint density at radius 1 is 0.821 bits per heavy atom. The first-order valence-electron chi connectivity index (χ1n) is 11.8. The number of halogens is 4. The van der Waals surface area contributed by atoms with Gasteiger partial charge in [0.05, 0.1) is 16.2 Å². The topological polar surface area (TPSA) is 105 Å². The molecule has 5 rings (SSSR count). The summed E-state index contributed by atoms with van der Waals surface area (Å²) in [5, 5.41) is 5.33. The van der Waals surface area contributed by atoms with Crippen LogP contribution in [0.1, 0.15) is 5.82 Å². The molecule has 202 valence electrons. The maximum Gasteiger partial charge on any atom is 0.451 e. The zero-order valence-corrected chi connectivity index (χ0v) is 21.1. The van der Waals surface area contributed by atoms with E-state index >= 15 is 0 Å². The molecule has 0 spiro atoms. The lowest BCUT2D eigenvalue weighted by molar-refractivity contribution is -0.144. The van der Waals surface area contributed by atoms with Gasteiger partial charge in [0, 0.05) is 37.9 Å².